The van der Waals surface area contributed by atoms with Crippen molar-refractivity contribution in [2.75, 3.05) is 19.0 Å². The fraction of sp³-hybridized carbons (Fsp3) is 0.222. The van der Waals surface area contributed by atoms with E-state index in [1.54, 1.807) is 12.1 Å². The fourth-order valence-electron chi connectivity index (χ4n) is 4.40. The minimum Gasteiger partial charge on any atom is -0.505 e. The summed E-state index contributed by atoms with van der Waals surface area (Å²) in [6, 6.07) is 17.4. The molecule has 2 heterocycles. The maximum Gasteiger partial charge on any atom is 0.331 e. The van der Waals surface area contributed by atoms with Crippen LogP contribution >= 0.6 is 0 Å². The highest BCUT2D eigenvalue weighted by Gasteiger charge is 2.40. The first-order chi connectivity index (χ1) is 17.7. The van der Waals surface area contributed by atoms with E-state index < -0.39 is 23.8 Å². The second kappa shape index (κ2) is 9.38. The van der Waals surface area contributed by atoms with Crippen molar-refractivity contribution >= 4 is 34.6 Å². The molecule has 0 saturated carbocycles. The van der Waals surface area contributed by atoms with E-state index in [0.29, 0.717) is 22.3 Å². The smallest absolute Gasteiger partial charge is 0.331 e. The number of nitrogens with one attached hydrogen (secondary N) is 1. The monoisotopic (exact) mass is 498 g/mol. The molecule has 0 bridgehead atoms. The molecule has 1 fully saturated rings. The molecule has 1 aliphatic heterocycles. The Kier molecular flexibility index (Phi) is 6.08. The van der Waals surface area contributed by atoms with Crippen LogP contribution in [0.1, 0.15) is 16.7 Å². The summed E-state index contributed by atoms with van der Waals surface area (Å²) in [5.74, 6) is -2.47. The lowest BCUT2D eigenvalue weighted by Gasteiger charge is -2.30. The van der Waals surface area contributed by atoms with Gasteiger partial charge in [0, 0.05) is 25.3 Å². The number of nitrogens with zero attached hydrogens (tertiary/aromatic N) is 5. The number of aromatic hydroxyl groups is 1. The predicted molar refractivity (Wildman–Crippen MR) is 137 cm³/mol. The highest BCUT2D eigenvalue weighted by atomic mass is 16.3. The Labute approximate surface area is 213 Å². The molecule has 10 nitrogen and oxygen atoms in total. The summed E-state index contributed by atoms with van der Waals surface area (Å²) in [7, 11) is 3.85. The maximum atomic E-state index is 13.3. The first-order valence-electron chi connectivity index (χ1n) is 11.8. The van der Waals surface area contributed by atoms with Crippen molar-refractivity contribution in [2.45, 2.75) is 19.9 Å². The van der Waals surface area contributed by atoms with E-state index in [2.05, 4.69) is 15.5 Å². The molecule has 0 spiro atoms. The van der Waals surface area contributed by atoms with Gasteiger partial charge < -0.3 is 10.0 Å². The van der Waals surface area contributed by atoms with Crippen LogP contribution in [0.2, 0.25) is 0 Å². The van der Waals surface area contributed by atoms with Crippen molar-refractivity contribution < 1.29 is 19.5 Å². The number of carbonyl (C=O) groups excluding carboxylic acids is 3. The normalized spacial score (nSPS) is 15.8. The number of aromatic nitrogens is 3. The molecular weight excluding hydrogens is 472 g/mol. The summed E-state index contributed by atoms with van der Waals surface area (Å²) < 4.78 is 0. The van der Waals surface area contributed by atoms with Gasteiger partial charge in [0.1, 0.15) is 28.4 Å². The number of aryl methyl sites for hydroxylation is 1. The van der Waals surface area contributed by atoms with E-state index in [-0.39, 0.29) is 18.7 Å². The largest absolute Gasteiger partial charge is 0.505 e. The van der Waals surface area contributed by atoms with Crippen LogP contribution in [0.4, 0.5) is 10.5 Å². The topological polar surface area (TPSA) is 121 Å². The summed E-state index contributed by atoms with van der Waals surface area (Å²) in [4.78, 5) is 42.8. The van der Waals surface area contributed by atoms with Crippen molar-refractivity contribution in [1.82, 2.24) is 25.2 Å². The number of benzene rings is 3. The van der Waals surface area contributed by atoms with Crippen LogP contribution in [-0.2, 0) is 22.6 Å². The molecule has 1 unspecified atom stereocenters. The van der Waals surface area contributed by atoms with Gasteiger partial charge in [-0.3, -0.25) is 19.8 Å². The molecule has 1 aromatic heterocycles. The van der Waals surface area contributed by atoms with Gasteiger partial charge in [-0.15, -0.1) is 15.0 Å². The summed E-state index contributed by atoms with van der Waals surface area (Å²) in [5.41, 5.74) is 4.55. The van der Waals surface area contributed by atoms with Crippen molar-refractivity contribution in [1.29, 1.82) is 0 Å². The van der Waals surface area contributed by atoms with Crippen LogP contribution in [0.3, 0.4) is 0 Å². The van der Waals surface area contributed by atoms with Crippen LogP contribution in [-0.4, -0.2) is 56.9 Å². The molecular formula is C27H26N6O4. The van der Waals surface area contributed by atoms with Gasteiger partial charge in [0.25, 0.3) is 0 Å². The van der Waals surface area contributed by atoms with Gasteiger partial charge >= 0.3 is 6.03 Å². The Morgan fingerprint density at radius 1 is 0.973 bits per heavy atom. The minimum atomic E-state index is -1.06. The number of imide groups is 2. The molecule has 1 atom stereocenters. The number of urea groups is 1. The van der Waals surface area contributed by atoms with Gasteiger partial charge in [-0.05, 0) is 54.8 Å². The van der Waals surface area contributed by atoms with Gasteiger partial charge in [-0.25, -0.2) is 4.79 Å². The fourth-order valence-corrected chi connectivity index (χ4v) is 4.40. The highest BCUT2D eigenvalue weighted by molar-refractivity contribution is 6.16. The highest BCUT2D eigenvalue weighted by Crippen LogP contribution is 2.30. The number of amides is 4. The number of phenols is 1. The molecule has 1 aliphatic rings. The SMILES string of the molecule is Cc1cc(CN2C(=O)NC(=O)C(Cc3ccc(N(C)C)cc3)C2=O)c(O)c(-n2nc3ccccc3n2)c1. The quantitative estimate of drug-likeness (QED) is 0.392. The predicted octanol–water partition coefficient (Wildman–Crippen LogP) is 2.94. The van der Waals surface area contributed by atoms with E-state index >= 15 is 0 Å². The first-order valence-corrected chi connectivity index (χ1v) is 11.8. The van der Waals surface area contributed by atoms with E-state index in [1.165, 1.54) is 4.80 Å². The molecule has 37 heavy (non-hydrogen) atoms. The van der Waals surface area contributed by atoms with Gasteiger partial charge in [-0.1, -0.05) is 30.3 Å². The van der Waals surface area contributed by atoms with E-state index in [9.17, 15) is 19.5 Å². The molecule has 1 saturated heterocycles. The van der Waals surface area contributed by atoms with Crippen LogP contribution < -0.4 is 10.2 Å². The van der Waals surface area contributed by atoms with Crippen molar-refractivity contribution in [3.8, 4) is 11.4 Å². The zero-order valence-corrected chi connectivity index (χ0v) is 20.7. The lowest BCUT2D eigenvalue weighted by molar-refractivity contribution is -0.142. The second-order valence-electron chi connectivity index (χ2n) is 9.31. The minimum absolute atomic E-state index is 0.150. The summed E-state index contributed by atoms with van der Waals surface area (Å²) in [5, 5.41) is 22.2. The number of hydrogen-bond donors (Lipinski definition) is 2. The molecule has 4 amide bonds. The maximum absolute atomic E-state index is 13.3. The Balaban J connectivity index is 1.42. The Morgan fingerprint density at radius 2 is 1.62 bits per heavy atom. The Bertz CT molecular complexity index is 1490. The van der Waals surface area contributed by atoms with Gasteiger partial charge in [0.2, 0.25) is 11.8 Å². The third-order valence-electron chi connectivity index (χ3n) is 6.39. The number of barbiturate groups is 1. The Hall–Kier alpha value is -4.73. The molecule has 0 radical (unpaired) electrons. The number of fused-ring (bicyclic) bond motifs is 1. The third-order valence-corrected chi connectivity index (χ3v) is 6.39. The Morgan fingerprint density at radius 3 is 2.24 bits per heavy atom. The van der Waals surface area contributed by atoms with Crippen molar-refractivity contribution in [2.24, 2.45) is 5.92 Å². The average molecular weight is 499 g/mol. The van der Waals surface area contributed by atoms with Crippen LogP contribution in [0.5, 0.6) is 5.75 Å². The van der Waals surface area contributed by atoms with Crippen LogP contribution in [0.25, 0.3) is 16.7 Å². The summed E-state index contributed by atoms with van der Waals surface area (Å²) >= 11 is 0. The van der Waals surface area contributed by atoms with Crippen molar-refractivity contribution in [3.63, 3.8) is 0 Å². The molecule has 4 aromatic rings. The molecule has 2 N–H and O–H groups in total. The first kappa shape index (κ1) is 24.0. The average Bonchev–Trinajstić information content (AvgIpc) is 3.30. The lowest BCUT2D eigenvalue weighted by Crippen LogP contribution is -2.58. The van der Waals surface area contributed by atoms with E-state index in [0.717, 1.165) is 21.7 Å². The van der Waals surface area contributed by atoms with Crippen LogP contribution in [0, 0.1) is 12.8 Å². The van der Waals surface area contributed by atoms with Crippen molar-refractivity contribution in [3.05, 3.63) is 77.4 Å². The number of rotatable bonds is 6. The van der Waals surface area contributed by atoms with Gasteiger partial charge in [0.15, 0.2) is 0 Å². The van der Waals surface area contributed by atoms with Crippen LogP contribution in [0.15, 0.2) is 60.7 Å². The molecule has 3 aromatic carbocycles. The van der Waals surface area contributed by atoms with E-state index in [4.69, 9.17) is 0 Å². The standard InChI is InChI=1S/C27H26N6O4/c1-16-12-18(24(34)23(13-16)33-29-21-6-4-5-7-22(21)30-33)15-32-26(36)20(25(35)28-27(32)37)14-17-8-10-19(11-9-17)31(2)3/h4-13,20,34H,14-15H2,1-3H3,(H,28,35,37). The van der Waals surface area contributed by atoms with Gasteiger partial charge in [0.05, 0.1) is 6.54 Å². The number of carbonyl (C=O) groups is 3. The molecule has 188 valence electrons. The zero-order chi connectivity index (χ0) is 26.3. The number of hydrogen-bond acceptors (Lipinski definition) is 7. The van der Waals surface area contributed by atoms with E-state index in [1.807, 2.05) is 74.4 Å². The zero-order valence-electron chi connectivity index (χ0n) is 20.7. The molecule has 10 heteroatoms. The number of anilines is 1. The molecule has 5 rings (SSSR count). The van der Waals surface area contributed by atoms with Gasteiger partial charge in [-0.2, -0.15) is 0 Å². The third kappa shape index (κ3) is 4.61. The second-order valence-corrected chi connectivity index (χ2v) is 9.31. The lowest BCUT2D eigenvalue weighted by atomic mass is 9.95. The number of phenolic OH excluding ortho intramolecular Hbond substituents is 1. The summed E-state index contributed by atoms with van der Waals surface area (Å²) in [6.07, 6.45) is 0.150. The summed E-state index contributed by atoms with van der Waals surface area (Å²) in [6.45, 7) is 1.62. The molecule has 0 aliphatic carbocycles.